The third-order valence-electron chi connectivity index (χ3n) is 4.92. The van der Waals surface area contributed by atoms with Gasteiger partial charge in [-0.05, 0) is 47.5 Å². The molecule has 0 heterocycles. The molecule has 7 heteroatoms. The Kier molecular flexibility index (Phi) is 7.15. The quantitative estimate of drug-likeness (QED) is 0.339. The number of ether oxygens (including phenoxy) is 2. The molecule has 0 fully saturated rings. The van der Waals surface area contributed by atoms with Crippen LogP contribution in [0.1, 0.15) is 23.6 Å². The molecule has 0 bridgehead atoms. The first-order valence-corrected chi connectivity index (χ1v) is 10.4. The van der Waals surface area contributed by atoms with Crippen LogP contribution in [0.2, 0.25) is 0 Å². The van der Waals surface area contributed by atoms with Crippen molar-refractivity contribution in [1.29, 1.82) is 0 Å². The van der Waals surface area contributed by atoms with Crippen LogP contribution in [0.15, 0.2) is 65.1 Å². The van der Waals surface area contributed by atoms with E-state index >= 15 is 4.39 Å². The Bertz CT molecular complexity index is 969. The summed E-state index contributed by atoms with van der Waals surface area (Å²) in [4.78, 5) is 1.81. The van der Waals surface area contributed by atoms with Gasteiger partial charge in [-0.15, -0.1) is 0 Å². The zero-order valence-corrected chi connectivity index (χ0v) is 19.0. The molecule has 3 rings (SSSR count). The highest BCUT2D eigenvalue weighted by atomic mass is 79.9. The van der Waals surface area contributed by atoms with Crippen molar-refractivity contribution in [3.63, 3.8) is 0 Å². The van der Waals surface area contributed by atoms with Gasteiger partial charge in [0.2, 0.25) is 0 Å². The monoisotopic (exact) mass is 493 g/mol. The second-order valence-corrected chi connectivity index (χ2v) is 8.08. The van der Waals surface area contributed by atoms with Crippen LogP contribution in [0.25, 0.3) is 0 Å². The fourth-order valence-electron chi connectivity index (χ4n) is 3.24. The number of methoxy groups -OCH3 is 2. The molecule has 0 aliphatic heterocycles. The maximum Gasteiger partial charge on any atom is 0.271 e. The van der Waals surface area contributed by atoms with E-state index in [0.717, 1.165) is 24.1 Å². The third-order valence-corrected chi connectivity index (χ3v) is 5.57. The summed E-state index contributed by atoms with van der Waals surface area (Å²) in [5.41, 5.74) is 1.69. The highest BCUT2D eigenvalue weighted by Crippen LogP contribution is 2.37. The van der Waals surface area contributed by atoms with Gasteiger partial charge in [0.05, 0.1) is 19.9 Å². The summed E-state index contributed by atoms with van der Waals surface area (Å²) in [6.45, 7) is 1.50. The number of alkyl halides is 2. The Labute approximate surface area is 188 Å². The standard InChI is InChI=1S/C24H23BrF3NO2/c1-24(27,28)20-12-22(26)23(13-21(20)25)29(14-16-4-8-18(30-2)9-5-16)15-17-6-10-19(31-3)11-7-17/h4-13H,14-15H2,1-3H3. The SMILES string of the molecule is COc1ccc(CN(Cc2ccc(OC)cc2)c2cc(Br)c(C(C)(F)F)cc2F)cc1. The molecule has 3 aromatic rings. The number of rotatable bonds is 8. The minimum absolute atomic E-state index is 0.158. The fourth-order valence-corrected chi connectivity index (χ4v) is 3.92. The molecule has 31 heavy (non-hydrogen) atoms. The lowest BCUT2D eigenvalue weighted by molar-refractivity contribution is 0.0164. The van der Waals surface area contributed by atoms with Crippen molar-refractivity contribution >= 4 is 21.6 Å². The van der Waals surface area contributed by atoms with Crippen molar-refractivity contribution in [1.82, 2.24) is 0 Å². The molecule has 0 N–H and O–H groups in total. The summed E-state index contributed by atoms with van der Waals surface area (Å²) in [6.07, 6.45) is 0. The summed E-state index contributed by atoms with van der Waals surface area (Å²) in [6, 6.07) is 17.2. The molecule has 0 atom stereocenters. The summed E-state index contributed by atoms with van der Waals surface area (Å²) in [5.74, 6) is -2.43. The average molecular weight is 494 g/mol. The van der Waals surface area contributed by atoms with Gasteiger partial charge in [-0.25, -0.2) is 13.2 Å². The van der Waals surface area contributed by atoms with E-state index in [1.807, 2.05) is 48.5 Å². The van der Waals surface area contributed by atoms with E-state index in [2.05, 4.69) is 15.9 Å². The average Bonchev–Trinajstić information content (AvgIpc) is 2.75. The summed E-state index contributed by atoms with van der Waals surface area (Å²) in [7, 11) is 3.17. The summed E-state index contributed by atoms with van der Waals surface area (Å²) >= 11 is 3.19. The Morgan fingerprint density at radius 3 is 1.68 bits per heavy atom. The maximum absolute atomic E-state index is 15.0. The molecule has 0 spiro atoms. The van der Waals surface area contributed by atoms with Gasteiger partial charge in [0.25, 0.3) is 5.92 Å². The van der Waals surface area contributed by atoms with Crippen LogP contribution >= 0.6 is 15.9 Å². The second-order valence-electron chi connectivity index (χ2n) is 7.22. The molecule has 0 amide bonds. The first-order chi connectivity index (χ1) is 14.7. The van der Waals surface area contributed by atoms with E-state index in [4.69, 9.17) is 9.47 Å². The van der Waals surface area contributed by atoms with Gasteiger partial charge in [0.15, 0.2) is 0 Å². The van der Waals surface area contributed by atoms with Crippen LogP contribution in [0.3, 0.4) is 0 Å². The molecule has 0 unspecified atom stereocenters. The topological polar surface area (TPSA) is 21.7 Å². The Morgan fingerprint density at radius 1 is 0.839 bits per heavy atom. The largest absolute Gasteiger partial charge is 0.497 e. The van der Waals surface area contributed by atoms with Gasteiger partial charge in [-0.1, -0.05) is 40.2 Å². The molecule has 3 nitrogen and oxygen atoms in total. The van der Waals surface area contributed by atoms with Crippen LogP contribution < -0.4 is 14.4 Å². The molecule has 0 aromatic heterocycles. The van der Waals surface area contributed by atoms with Crippen molar-refractivity contribution in [3.8, 4) is 11.5 Å². The lowest BCUT2D eigenvalue weighted by atomic mass is 10.1. The molecule has 0 saturated carbocycles. The maximum atomic E-state index is 15.0. The first kappa shape index (κ1) is 23.0. The van der Waals surface area contributed by atoms with Crippen LogP contribution in [0.5, 0.6) is 11.5 Å². The van der Waals surface area contributed by atoms with E-state index in [0.29, 0.717) is 24.6 Å². The van der Waals surface area contributed by atoms with Crippen LogP contribution in [-0.4, -0.2) is 14.2 Å². The molecule has 0 aliphatic rings. The van der Waals surface area contributed by atoms with Gasteiger partial charge in [-0.3, -0.25) is 0 Å². The van der Waals surface area contributed by atoms with Gasteiger partial charge in [0.1, 0.15) is 17.3 Å². The number of benzene rings is 3. The Morgan fingerprint density at radius 2 is 1.29 bits per heavy atom. The van der Waals surface area contributed by atoms with E-state index in [-0.39, 0.29) is 15.7 Å². The Hall–Kier alpha value is -2.67. The molecular formula is C24H23BrF3NO2. The lowest BCUT2D eigenvalue weighted by Gasteiger charge is -2.27. The normalized spacial score (nSPS) is 11.3. The van der Waals surface area contributed by atoms with Gasteiger partial charge >= 0.3 is 0 Å². The van der Waals surface area contributed by atoms with Crippen molar-refractivity contribution in [2.75, 3.05) is 19.1 Å². The molecule has 3 aromatic carbocycles. The predicted octanol–water partition coefficient (Wildman–Crippen LogP) is 6.92. The van der Waals surface area contributed by atoms with Crippen LogP contribution in [0, 0.1) is 5.82 Å². The summed E-state index contributed by atoms with van der Waals surface area (Å²) < 4.78 is 53.2. The van der Waals surface area contributed by atoms with Gasteiger partial charge in [0, 0.05) is 30.0 Å². The molecular weight excluding hydrogens is 471 g/mol. The van der Waals surface area contributed by atoms with Gasteiger partial charge in [-0.2, -0.15) is 0 Å². The minimum Gasteiger partial charge on any atom is -0.497 e. The molecule has 0 radical (unpaired) electrons. The smallest absolute Gasteiger partial charge is 0.271 e. The van der Waals surface area contributed by atoms with Crippen molar-refractivity contribution < 1.29 is 22.6 Å². The number of nitrogens with zero attached hydrogens (tertiary/aromatic N) is 1. The highest BCUT2D eigenvalue weighted by molar-refractivity contribution is 9.10. The summed E-state index contributed by atoms with van der Waals surface area (Å²) in [5, 5.41) is 0. The minimum atomic E-state index is -3.16. The van der Waals surface area contributed by atoms with E-state index in [1.165, 1.54) is 6.07 Å². The molecule has 0 saturated heterocycles. The zero-order chi connectivity index (χ0) is 22.6. The zero-order valence-electron chi connectivity index (χ0n) is 17.5. The number of halogens is 4. The van der Waals surface area contributed by atoms with Crippen molar-refractivity contribution in [3.05, 3.63) is 87.6 Å². The second kappa shape index (κ2) is 9.64. The van der Waals surface area contributed by atoms with Crippen molar-refractivity contribution in [2.45, 2.75) is 25.9 Å². The van der Waals surface area contributed by atoms with Gasteiger partial charge < -0.3 is 14.4 Å². The predicted molar refractivity (Wildman–Crippen MR) is 120 cm³/mol. The van der Waals surface area contributed by atoms with Crippen LogP contribution in [-0.2, 0) is 19.0 Å². The number of anilines is 1. The molecule has 0 aliphatic carbocycles. The lowest BCUT2D eigenvalue weighted by Crippen LogP contribution is -2.24. The van der Waals surface area contributed by atoms with E-state index < -0.39 is 11.7 Å². The Balaban J connectivity index is 1.98. The van der Waals surface area contributed by atoms with E-state index in [9.17, 15) is 8.78 Å². The van der Waals surface area contributed by atoms with E-state index in [1.54, 1.807) is 19.1 Å². The number of hydrogen-bond acceptors (Lipinski definition) is 3. The fraction of sp³-hybridized carbons (Fsp3) is 0.250. The number of hydrogen-bond donors (Lipinski definition) is 0. The first-order valence-electron chi connectivity index (χ1n) is 9.59. The molecule has 164 valence electrons. The van der Waals surface area contributed by atoms with Crippen molar-refractivity contribution in [2.24, 2.45) is 0 Å². The highest BCUT2D eigenvalue weighted by Gasteiger charge is 2.29. The van der Waals surface area contributed by atoms with Crippen LogP contribution in [0.4, 0.5) is 18.9 Å². The third kappa shape index (κ3) is 5.73.